The Morgan fingerprint density at radius 1 is 1.33 bits per heavy atom. The van der Waals surface area contributed by atoms with E-state index in [0.29, 0.717) is 6.54 Å². The molecule has 0 spiro atoms. The van der Waals surface area contributed by atoms with Gasteiger partial charge in [0, 0.05) is 18.3 Å². The lowest BCUT2D eigenvalue weighted by molar-refractivity contribution is 0.203. The highest BCUT2D eigenvalue weighted by Crippen LogP contribution is 2.41. The number of para-hydroxylation sites is 1. The molecule has 2 aliphatic heterocycles. The first-order valence-corrected chi connectivity index (χ1v) is 7.14. The van der Waals surface area contributed by atoms with E-state index in [1.54, 1.807) is 16.3 Å². The fourth-order valence-corrected chi connectivity index (χ4v) is 2.47. The SMILES string of the molecule is CC(C)(C)CNC(=O)N1c2ccccc2C2C=CC=NN21. The van der Waals surface area contributed by atoms with Gasteiger partial charge in [-0.25, -0.2) is 4.79 Å². The van der Waals surface area contributed by atoms with Gasteiger partial charge in [-0.1, -0.05) is 45.0 Å². The van der Waals surface area contributed by atoms with Crippen LogP contribution >= 0.6 is 0 Å². The summed E-state index contributed by atoms with van der Waals surface area (Å²) < 4.78 is 0. The maximum absolute atomic E-state index is 12.6. The first kappa shape index (κ1) is 13.7. The third-order valence-electron chi connectivity index (χ3n) is 3.46. The number of anilines is 1. The molecule has 0 saturated heterocycles. The molecule has 2 amide bonds. The molecule has 0 aliphatic carbocycles. The van der Waals surface area contributed by atoms with Gasteiger partial charge in [0.1, 0.15) is 6.04 Å². The van der Waals surface area contributed by atoms with Crippen LogP contribution in [0.25, 0.3) is 0 Å². The largest absolute Gasteiger partial charge is 0.342 e. The third kappa shape index (κ3) is 2.51. The van der Waals surface area contributed by atoms with Crippen molar-refractivity contribution < 1.29 is 4.79 Å². The lowest BCUT2D eigenvalue weighted by atomic mass is 9.97. The van der Waals surface area contributed by atoms with Crippen molar-refractivity contribution in [3.63, 3.8) is 0 Å². The van der Waals surface area contributed by atoms with Crippen molar-refractivity contribution in [2.75, 3.05) is 11.6 Å². The minimum absolute atomic E-state index is 0.00779. The van der Waals surface area contributed by atoms with Crippen LogP contribution in [0, 0.1) is 5.41 Å². The van der Waals surface area contributed by atoms with Crippen LogP contribution in [-0.2, 0) is 0 Å². The highest BCUT2D eigenvalue weighted by Gasteiger charge is 2.38. The molecule has 21 heavy (non-hydrogen) atoms. The molecule has 110 valence electrons. The smallest absolute Gasteiger partial charge is 0.336 e. The van der Waals surface area contributed by atoms with E-state index in [2.05, 4.69) is 31.2 Å². The second-order valence-electron chi connectivity index (χ2n) is 6.50. The molecule has 0 bridgehead atoms. The van der Waals surface area contributed by atoms with Gasteiger partial charge >= 0.3 is 6.03 Å². The predicted molar refractivity (Wildman–Crippen MR) is 84.0 cm³/mol. The first-order chi connectivity index (χ1) is 9.97. The molecule has 1 unspecified atom stereocenters. The Morgan fingerprint density at radius 2 is 2.10 bits per heavy atom. The number of nitrogens with one attached hydrogen (secondary N) is 1. The van der Waals surface area contributed by atoms with E-state index >= 15 is 0 Å². The highest BCUT2D eigenvalue weighted by molar-refractivity contribution is 5.94. The Labute approximate surface area is 124 Å². The zero-order valence-electron chi connectivity index (χ0n) is 12.6. The number of hydrogen-bond acceptors (Lipinski definition) is 3. The lowest BCUT2D eigenvalue weighted by Crippen LogP contribution is -2.48. The van der Waals surface area contributed by atoms with Crippen LogP contribution in [0.2, 0.25) is 0 Å². The van der Waals surface area contributed by atoms with Gasteiger partial charge < -0.3 is 5.32 Å². The lowest BCUT2D eigenvalue weighted by Gasteiger charge is -2.30. The molecule has 0 fully saturated rings. The van der Waals surface area contributed by atoms with E-state index in [1.807, 2.05) is 36.4 Å². The molecular formula is C16H20N4O. The monoisotopic (exact) mass is 284 g/mol. The number of hydrogen-bond donors (Lipinski definition) is 1. The predicted octanol–water partition coefficient (Wildman–Crippen LogP) is 3.08. The van der Waals surface area contributed by atoms with Crippen LogP contribution in [0.5, 0.6) is 0 Å². The molecule has 1 atom stereocenters. The Hall–Kier alpha value is -2.30. The number of carbonyl (C=O) groups excluding carboxylic acids is 1. The first-order valence-electron chi connectivity index (χ1n) is 7.14. The summed E-state index contributed by atoms with van der Waals surface area (Å²) in [7, 11) is 0. The van der Waals surface area contributed by atoms with Crippen molar-refractivity contribution in [2.24, 2.45) is 10.5 Å². The Balaban J connectivity index is 1.89. The summed E-state index contributed by atoms with van der Waals surface area (Å²) in [5, 5.41) is 10.7. The normalized spacial score (nSPS) is 19.5. The second-order valence-corrected chi connectivity index (χ2v) is 6.50. The van der Waals surface area contributed by atoms with Crippen LogP contribution in [0.3, 0.4) is 0 Å². The van der Waals surface area contributed by atoms with Crippen molar-refractivity contribution >= 4 is 17.9 Å². The zero-order chi connectivity index (χ0) is 15.0. The van der Waals surface area contributed by atoms with Gasteiger partial charge in [-0.2, -0.15) is 15.2 Å². The second kappa shape index (κ2) is 4.91. The number of fused-ring (bicyclic) bond motifs is 3. The Bertz CT molecular complexity index is 615. The van der Waals surface area contributed by atoms with Gasteiger partial charge in [0.2, 0.25) is 0 Å². The van der Waals surface area contributed by atoms with E-state index in [-0.39, 0.29) is 17.5 Å². The molecule has 2 heterocycles. The molecule has 1 N–H and O–H groups in total. The molecular weight excluding hydrogens is 264 g/mol. The molecule has 2 aliphatic rings. The number of nitrogens with zero attached hydrogens (tertiary/aromatic N) is 3. The standard InChI is InChI=1S/C16H20N4O/c1-16(2,3)11-17-15(21)19-13-8-5-4-7-12(13)14-9-6-10-18-20(14)19/h4-10,14H,11H2,1-3H3,(H,17,21). The summed E-state index contributed by atoms with van der Waals surface area (Å²) in [6.07, 6.45) is 5.66. The Kier molecular flexibility index (Phi) is 3.20. The van der Waals surface area contributed by atoms with Crippen LogP contribution in [0.15, 0.2) is 41.5 Å². The number of hydrazine groups is 1. The third-order valence-corrected chi connectivity index (χ3v) is 3.46. The number of amides is 2. The number of carbonyl (C=O) groups is 1. The van der Waals surface area contributed by atoms with E-state index < -0.39 is 0 Å². The van der Waals surface area contributed by atoms with Gasteiger partial charge in [0.25, 0.3) is 0 Å². The molecule has 0 saturated carbocycles. The van der Waals surface area contributed by atoms with Crippen molar-refractivity contribution in [3.05, 3.63) is 42.0 Å². The molecule has 5 heteroatoms. The number of hydrazone groups is 1. The summed E-state index contributed by atoms with van der Waals surface area (Å²) in [6.45, 7) is 6.89. The van der Waals surface area contributed by atoms with Crippen molar-refractivity contribution in [3.8, 4) is 0 Å². The number of urea groups is 1. The molecule has 5 nitrogen and oxygen atoms in total. The highest BCUT2D eigenvalue weighted by atomic mass is 16.2. The zero-order valence-corrected chi connectivity index (χ0v) is 12.6. The van der Waals surface area contributed by atoms with Gasteiger partial charge in [-0.3, -0.25) is 0 Å². The summed E-state index contributed by atoms with van der Waals surface area (Å²) >= 11 is 0. The number of benzene rings is 1. The van der Waals surface area contributed by atoms with E-state index in [4.69, 9.17) is 0 Å². The van der Waals surface area contributed by atoms with Crippen LogP contribution in [0.4, 0.5) is 10.5 Å². The van der Waals surface area contributed by atoms with E-state index in [0.717, 1.165) is 11.3 Å². The molecule has 1 aromatic carbocycles. The average Bonchev–Trinajstić information content (AvgIpc) is 2.79. The fraction of sp³-hybridized carbons (Fsp3) is 0.375. The number of allylic oxidation sites excluding steroid dienone is 1. The van der Waals surface area contributed by atoms with Crippen LogP contribution in [-0.4, -0.2) is 23.9 Å². The summed E-state index contributed by atoms with van der Waals surface area (Å²) in [6, 6.07) is 7.76. The fourth-order valence-electron chi connectivity index (χ4n) is 2.47. The van der Waals surface area contributed by atoms with Crippen molar-refractivity contribution in [2.45, 2.75) is 26.8 Å². The van der Waals surface area contributed by atoms with Crippen LogP contribution < -0.4 is 10.3 Å². The number of rotatable bonds is 1. The van der Waals surface area contributed by atoms with Gasteiger partial charge in [-0.05, 0) is 17.6 Å². The van der Waals surface area contributed by atoms with Crippen molar-refractivity contribution in [1.29, 1.82) is 0 Å². The average molecular weight is 284 g/mol. The molecule has 0 radical (unpaired) electrons. The molecule has 3 rings (SSSR count). The maximum Gasteiger partial charge on any atom is 0.342 e. The van der Waals surface area contributed by atoms with Gasteiger partial charge in [-0.15, -0.1) is 0 Å². The molecule has 1 aromatic rings. The van der Waals surface area contributed by atoms with Gasteiger partial charge in [0.15, 0.2) is 0 Å². The quantitative estimate of drug-likeness (QED) is 0.861. The van der Waals surface area contributed by atoms with Gasteiger partial charge in [0.05, 0.1) is 5.69 Å². The van der Waals surface area contributed by atoms with Crippen molar-refractivity contribution in [1.82, 2.24) is 10.4 Å². The topological polar surface area (TPSA) is 47.9 Å². The summed E-state index contributed by atoms with van der Waals surface area (Å²) in [4.78, 5) is 12.6. The Morgan fingerprint density at radius 3 is 2.86 bits per heavy atom. The van der Waals surface area contributed by atoms with E-state index in [1.165, 1.54) is 0 Å². The summed E-state index contributed by atoms with van der Waals surface area (Å²) in [5.74, 6) is 0. The van der Waals surface area contributed by atoms with E-state index in [9.17, 15) is 4.79 Å². The summed E-state index contributed by atoms with van der Waals surface area (Å²) in [5.41, 5.74) is 2.02. The molecule has 0 aromatic heterocycles. The van der Waals surface area contributed by atoms with Crippen LogP contribution in [0.1, 0.15) is 32.4 Å². The minimum Gasteiger partial charge on any atom is -0.336 e. The maximum atomic E-state index is 12.6. The minimum atomic E-state index is -0.146.